The Morgan fingerprint density at radius 1 is 1.21 bits per heavy atom. The van der Waals surface area contributed by atoms with E-state index in [0.29, 0.717) is 19.5 Å². The van der Waals surface area contributed by atoms with Crippen molar-refractivity contribution < 1.29 is 28.3 Å². The third-order valence-electron chi connectivity index (χ3n) is 10.7. The summed E-state index contributed by atoms with van der Waals surface area (Å²) < 4.78 is 33.0. The van der Waals surface area contributed by atoms with Gasteiger partial charge in [0.1, 0.15) is 6.17 Å². The number of aliphatic hydroxyl groups is 1. The number of benzene rings is 1. The molecule has 8 heteroatoms. The molecule has 0 aromatic heterocycles. The second-order valence-electron chi connectivity index (χ2n) is 12.4. The summed E-state index contributed by atoms with van der Waals surface area (Å²) in [5, 5.41) is 13.0. The minimum Gasteiger partial charge on any atom is -0.390 e. The number of hydrogen-bond donors (Lipinski definition) is 2. The largest absolute Gasteiger partial charge is 0.390 e. The van der Waals surface area contributed by atoms with E-state index in [4.69, 9.17) is 4.84 Å². The van der Waals surface area contributed by atoms with E-state index in [1.54, 1.807) is 6.92 Å². The number of aryl methyl sites for hydroxylation is 1. The van der Waals surface area contributed by atoms with E-state index in [2.05, 4.69) is 24.8 Å². The molecule has 0 bridgehead atoms. The van der Waals surface area contributed by atoms with Crippen molar-refractivity contribution in [2.45, 2.75) is 69.5 Å². The lowest BCUT2D eigenvalue weighted by Gasteiger charge is -2.63. The zero-order valence-electron chi connectivity index (χ0n) is 21.8. The van der Waals surface area contributed by atoms with E-state index in [9.17, 15) is 14.7 Å². The van der Waals surface area contributed by atoms with Crippen LogP contribution in [0, 0.1) is 28.6 Å². The van der Waals surface area contributed by atoms with Crippen LogP contribution in [0.1, 0.15) is 45.1 Å². The number of rotatable bonds is 5. The molecule has 0 amide bonds. The number of halogens is 2. The predicted molar refractivity (Wildman–Crippen MR) is 142 cm³/mol. The minimum absolute atomic E-state index is 0.00701. The number of nitrogens with zero attached hydrogens (tertiary/aromatic N) is 1. The van der Waals surface area contributed by atoms with Gasteiger partial charge in [-0.05, 0) is 68.2 Å². The van der Waals surface area contributed by atoms with Crippen molar-refractivity contribution in [3.63, 3.8) is 0 Å². The second kappa shape index (κ2) is 8.82. The summed E-state index contributed by atoms with van der Waals surface area (Å²) in [7, 11) is 0. The first-order valence-corrected chi connectivity index (χ1v) is 14.1. The monoisotopic (exact) mass is 543 g/mol. The topological polar surface area (TPSA) is 66.8 Å². The molecule has 1 saturated heterocycles. The molecular weight excluding hydrogens is 508 g/mol. The van der Waals surface area contributed by atoms with E-state index in [1.807, 2.05) is 30.2 Å². The smallest absolute Gasteiger partial charge is 0.220 e. The highest BCUT2D eigenvalue weighted by atomic mass is 32.1. The van der Waals surface area contributed by atoms with Gasteiger partial charge in [-0.15, -0.1) is 12.6 Å². The van der Waals surface area contributed by atoms with Crippen LogP contribution in [-0.4, -0.2) is 57.7 Å². The summed E-state index contributed by atoms with van der Waals surface area (Å²) in [5.41, 5.74) is -4.51. The predicted octanol–water partition coefficient (Wildman–Crippen LogP) is 4.61. The molecule has 0 unspecified atom stereocenters. The van der Waals surface area contributed by atoms with Gasteiger partial charge in [-0.1, -0.05) is 43.3 Å². The molecule has 1 N–H and O–H groups in total. The fourth-order valence-electron chi connectivity index (χ4n) is 8.92. The van der Waals surface area contributed by atoms with E-state index < -0.39 is 45.4 Å². The Hall–Kier alpha value is -1.87. The van der Waals surface area contributed by atoms with Gasteiger partial charge in [0.05, 0.1) is 6.10 Å². The highest BCUT2D eigenvalue weighted by molar-refractivity contribution is 7.96. The van der Waals surface area contributed by atoms with Crippen LogP contribution in [0.15, 0.2) is 54.1 Å². The van der Waals surface area contributed by atoms with Crippen LogP contribution in [0.2, 0.25) is 0 Å². The van der Waals surface area contributed by atoms with Gasteiger partial charge in [0.2, 0.25) is 5.12 Å². The number of ketones is 1. The van der Waals surface area contributed by atoms with Crippen molar-refractivity contribution >= 4 is 23.5 Å². The summed E-state index contributed by atoms with van der Waals surface area (Å²) in [5.74, 6) is -1.82. The fourth-order valence-corrected chi connectivity index (χ4v) is 9.40. The first-order valence-electron chi connectivity index (χ1n) is 13.6. The zero-order chi connectivity index (χ0) is 27.1. The molecule has 1 aliphatic heterocycles. The lowest BCUT2D eigenvalue weighted by molar-refractivity contribution is -0.263. The lowest BCUT2D eigenvalue weighted by atomic mass is 9.44. The number of hydroxylamine groups is 2. The molecule has 0 spiro atoms. The Morgan fingerprint density at radius 3 is 2.66 bits per heavy atom. The molecule has 204 valence electrons. The van der Waals surface area contributed by atoms with Gasteiger partial charge in [-0.25, -0.2) is 8.78 Å². The van der Waals surface area contributed by atoms with Crippen molar-refractivity contribution in [1.29, 1.82) is 0 Å². The molecule has 5 aliphatic rings. The van der Waals surface area contributed by atoms with Gasteiger partial charge in [0.25, 0.3) is 0 Å². The highest BCUT2D eigenvalue weighted by Crippen LogP contribution is 2.72. The Kier molecular flexibility index (Phi) is 6.12. The molecule has 4 aliphatic carbocycles. The number of carbonyl (C=O) groups is 2. The maximum Gasteiger partial charge on any atom is 0.220 e. The summed E-state index contributed by atoms with van der Waals surface area (Å²) in [4.78, 5) is 31.8. The molecule has 1 aromatic carbocycles. The zero-order valence-corrected chi connectivity index (χ0v) is 22.7. The quantitative estimate of drug-likeness (QED) is 0.532. The van der Waals surface area contributed by atoms with Crippen molar-refractivity contribution in [2.75, 3.05) is 13.1 Å². The molecule has 9 atom stereocenters. The SMILES string of the molecule is C[C@]12C=CC(=O)C=C1[C@@H](F)C[C@H]1[C@@H]3C[C@H]4CN(CCCc5ccccc5)O[C@@]4(C(=O)S)[C@@]3(C)C[C@H](O)[C@@]12F. The van der Waals surface area contributed by atoms with Crippen molar-refractivity contribution in [2.24, 2.45) is 28.6 Å². The molecule has 0 radical (unpaired) electrons. The summed E-state index contributed by atoms with van der Waals surface area (Å²) in [6, 6.07) is 10.2. The maximum absolute atomic E-state index is 17.4. The maximum atomic E-state index is 17.4. The number of thiol groups is 1. The van der Waals surface area contributed by atoms with Gasteiger partial charge in [-0.3, -0.25) is 14.4 Å². The van der Waals surface area contributed by atoms with E-state index in [1.165, 1.54) is 23.8 Å². The molecule has 1 aromatic rings. The van der Waals surface area contributed by atoms with Gasteiger partial charge in [-0.2, -0.15) is 5.06 Å². The third-order valence-corrected chi connectivity index (χ3v) is 11.0. The van der Waals surface area contributed by atoms with E-state index in [0.717, 1.165) is 12.8 Å². The summed E-state index contributed by atoms with van der Waals surface area (Å²) in [6.07, 6.45) is 3.01. The number of alkyl halides is 2. The molecule has 4 fully saturated rings. The second-order valence-corrected chi connectivity index (χ2v) is 12.8. The van der Waals surface area contributed by atoms with Gasteiger partial charge >= 0.3 is 0 Å². The summed E-state index contributed by atoms with van der Waals surface area (Å²) >= 11 is 4.31. The Bertz CT molecular complexity index is 1220. The van der Waals surface area contributed by atoms with E-state index in [-0.39, 0.29) is 36.0 Å². The minimum atomic E-state index is -2.17. The number of aliphatic hydroxyl groups excluding tert-OH is 1. The fraction of sp³-hybridized carbons (Fsp3) is 0.600. The lowest BCUT2D eigenvalue weighted by Crippen LogP contribution is -2.70. The molecule has 38 heavy (non-hydrogen) atoms. The van der Waals surface area contributed by atoms with Gasteiger partial charge in [0.15, 0.2) is 17.1 Å². The standard InChI is InChI=1S/C30H35F2NO4S/c1-27-11-10-20(34)14-23(27)24(31)15-22-21-13-19-17-33(12-6-9-18-7-4-3-5-8-18)37-30(19,26(36)38)28(21,2)16-25(35)29(22,27)32/h3-5,7-8,10-11,14,19,21-22,24-25,35H,6,9,12-13,15-17H2,1-2H3,(H,36,38)/t19-,21-,22-,24-,25-,27-,28-,29-,30-/m0/s1. The Balaban J connectivity index is 1.30. The number of carbonyl (C=O) groups excluding carboxylic acids is 2. The third kappa shape index (κ3) is 3.33. The number of fused-ring (bicyclic) bond motifs is 7. The van der Waals surface area contributed by atoms with Crippen LogP contribution < -0.4 is 0 Å². The van der Waals surface area contributed by atoms with Crippen molar-refractivity contribution in [3.8, 4) is 0 Å². The average molecular weight is 544 g/mol. The van der Waals surface area contributed by atoms with E-state index >= 15 is 8.78 Å². The van der Waals surface area contributed by atoms with Crippen molar-refractivity contribution in [3.05, 3.63) is 59.7 Å². The van der Waals surface area contributed by atoms with Crippen LogP contribution in [0.3, 0.4) is 0 Å². The molecule has 3 saturated carbocycles. The molecule has 1 heterocycles. The van der Waals surface area contributed by atoms with Crippen LogP contribution in [-0.2, 0) is 20.8 Å². The van der Waals surface area contributed by atoms with Crippen LogP contribution >= 0.6 is 12.6 Å². The van der Waals surface area contributed by atoms with Crippen LogP contribution in [0.25, 0.3) is 0 Å². The number of hydrogen-bond acceptors (Lipinski definition) is 5. The highest BCUT2D eigenvalue weighted by Gasteiger charge is 2.79. The van der Waals surface area contributed by atoms with Crippen molar-refractivity contribution in [1.82, 2.24) is 5.06 Å². The first-order chi connectivity index (χ1) is 18.0. The number of allylic oxidation sites excluding steroid dienone is 4. The molecule has 6 rings (SSSR count). The molecule has 5 nitrogen and oxygen atoms in total. The Labute approximate surface area is 227 Å². The Morgan fingerprint density at radius 2 is 1.95 bits per heavy atom. The molecular formula is C30H35F2NO4S. The van der Waals surface area contributed by atoms with Crippen LogP contribution in [0.4, 0.5) is 8.78 Å². The van der Waals surface area contributed by atoms with Gasteiger partial charge in [0, 0.05) is 35.8 Å². The summed E-state index contributed by atoms with van der Waals surface area (Å²) in [6.45, 7) is 4.62. The first kappa shape index (κ1) is 26.4. The normalized spacial score (nSPS) is 45.7. The van der Waals surface area contributed by atoms with Crippen LogP contribution in [0.5, 0.6) is 0 Å². The average Bonchev–Trinajstić information content (AvgIpc) is 3.36. The van der Waals surface area contributed by atoms with Gasteiger partial charge < -0.3 is 5.11 Å².